The predicted molar refractivity (Wildman–Crippen MR) is 74.2 cm³/mol. The SMILES string of the molecule is CNc1nc(C)c([N+](=O)[O-])c(Oc2ccc(C)c(F)c2)n1. The van der Waals surface area contributed by atoms with Crippen LogP contribution in [0.25, 0.3) is 0 Å². The zero-order chi connectivity index (χ0) is 15.6. The van der Waals surface area contributed by atoms with Crippen molar-refractivity contribution < 1.29 is 14.1 Å². The second-order valence-electron chi connectivity index (χ2n) is 4.31. The Morgan fingerprint density at radius 2 is 2.05 bits per heavy atom. The van der Waals surface area contributed by atoms with Crippen molar-refractivity contribution >= 4 is 11.6 Å². The van der Waals surface area contributed by atoms with Crippen molar-refractivity contribution in [1.82, 2.24) is 9.97 Å². The van der Waals surface area contributed by atoms with E-state index in [1.807, 2.05) is 0 Å². The smallest absolute Gasteiger partial charge is 0.352 e. The lowest BCUT2D eigenvalue weighted by Crippen LogP contribution is -2.05. The summed E-state index contributed by atoms with van der Waals surface area (Å²) in [6, 6.07) is 4.18. The van der Waals surface area contributed by atoms with Crippen LogP contribution in [-0.2, 0) is 0 Å². The summed E-state index contributed by atoms with van der Waals surface area (Å²) >= 11 is 0. The van der Waals surface area contributed by atoms with Crippen molar-refractivity contribution in [1.29, 1.82) is 0 Å². The molecule has 0 aliphatic rings. The topological polar surface area (TPSA) is 90.2 Å². The summed E-state index contributed by atoms with van der Waals surface area (Å²) in [7, 11) is 1.58. The summed E-state index contributed by atoms with van der Waals surface area (Å²) in [6.07, 6.45) is 0. The number of rotatable bonds is 4. The summed E-state index contributed by atoms with van der Waals surface area (Å²) in [5, 5.41) is 13.8. The molecule has 0 spiro atoms. The van der Waals surface area contributed by atoms with Gasteiger partial charge in [0.05, 0.1) is 4.92 Å². The molecule has 1 heterocycles. The number of anilines is 1. The molecule has 0 radical (unpaired) electrons. The lowest BCUT2D eigenvalue weighted by Gasteiger charge is -2.09. The highest BCUT2D eigenvalue weighted by Crippen LogP contribution is 2.32. The Labute approximate surface area is 120 Å². The molecule has 0 unspecified atom stereocenters. The van der Waals surface area contributed by atoms with Gasteiger partial charge in [0.2, 0.25) is 5.95 Å². The van der Waals surface area contributed by atoms with E-state index in [9.17, 15) is 14.5 Å². The van der Waals surface area contributed by atoms with Crippen molar-refractivity contribution in [3.8, 4) is 11.6 Å². The lowest BCUT2D eigenvalue weighted by molar-refractivity contribution is -0.386. The van der Waals surface area contributed by atoms with Crippen LogP contribution < -0.4 is 10.1 Å². The van der Waals surface area contributed by atoms with Crippen molar-refractivity contribution in [2.24, 2.45) is 0 Å². The third-order valence-corrected chi connectivity index (χ3v) is 2.79. The number of nitro groups is 1. The molecule has 2 aromatic rings. The standard InChI is InChI=1S/C13H13FN4O3/c1-7-4-5-9(6-10(7)14)21-12-11(18(19)20)8(2)16-13(15-3)17-12/h4-6H,1-3H3,(H,15,16,17). The Morgan fingerprint density at radius 3 is 2.62 bits per heavy atom. The highest BCUT2D eigenvalue weighted by atomic mass is 19.1. The van der Waals surface area contributed by atoms with Crippen molar-refractivity contribution in [2.75, 3.05) is 12.4 Å². The largest absolute Gasteiger partial charge is 0.433 e. The number of aryl methyl sites for hydroxylation is 2. The minimum absolute atomic E-state index is 0.126. The molecular weight excluding hydrogens is 279 g/mol. The van der Waals surface area contributed by atoms with Crippen LogP contribution in [0.2, 0.25) is 0 Å². The predicted octanol–water partition coefficient (Wildman–Crippen LogP) is 2.97. The highest BCUT2D eigenvalue weighted by Gasteiger charge is 2.24. The summed E-state index contributed by atoms with van der Waals surface area (Å²) in [6.45, 7) is 3.08. The quantitative estimate of drug-likeness (QED) is 0.688. The van der Waals surface area contributed by atoms with E-state index < -0.39 is 10.7 Å². The Morgan fingerprint density at radius 1 is 1.33 bits per heavy atom. The fourth-order valence-electron chi connectivity index (χ4n) is 1.68. The first-order chi connectivity index (χ1) is 9.92. The zero-order valence-electron chi connectivity index (χ0n) is 11.7. The van der Waals surface area contributed by atoms with Gasteiger partial charge >= 0.3 is 11.6 Å². The van der Waals surface area contributed by atoms with Gasteiger partial charge in [0.25, 0.3) is 0 Å². The van der Waals surface area contributed by atoms with Gasteiger partial charge in [-0.2, -0.15) is 4.98 Å². The van der Waals surface area contributed by atoms with E-state index in [0.29, 0.717) is 5.56 Å². The molecule has 8 heteroatoms. The van der Waals surface area contributed by atoms with E-state index in [4.69, 9.17) is 4.74 Å². The van der Waals surface area contributed by atoms with Crippen LogP contribution in [0.4, 0.5) is 16.0 Å². The highest BCUT2D eigenvalue weighted by molar-refractivity contribution is 5.50. The Hall–Kier alpha value is -2.77. The van der Waals surface area contributed by atoms with Crippen LogP contribution in [0.1, 0.15) is 11.3 Å². The fraction of sp³-hybridized carbons (Fsp3) is 0.231. The van der Waals surface area contributed by atoms with Crippen molar-refractivity contribution in [3.63, 3.8) is 0 Å². The van der Waals surface area contributed by atoms with Crippen LogP contribution in [0.15, 0.2) is 18.2 Å². The number of nitrogens with one attached hydrogen (secondary N) is 1. The van der Waals surface area contributed by atoms with Gasteiger partial charge in [-0.1, -0.05) is 6.07 Å². The van der Waals surface area contributed by atoms with Gasteiger partial charge in [-0.3, -0.25) is 10.1 Å². The molecule has 110 valence electrons. The number of aromatic nitrogens is 2. The molecule has 7 nitrogen and oxygen atoms in total. The Balaban J connectivity index is 2.48. The van der Waals surface area contributed by atoms with E-state index in [1.165, 1.54) is 19.1 Å². The van der Waals surface area contributed by atoms with E-state index in [-0.39, 0.29) is 29.0 Å². The second-order valence-corrected chi connectivity index (χ2v) is 4.31. The Bertz CT molecular complexity index is 706. The van der Waals surface area contributed by atoms with E-state index >= 15 is 0 Å². The van der Waals surface area contributed by atoms with Crippen LogP contribution in [0.3, 0.4) is 0 Å². The molecular formula is C13H13FN4O3. The number of benzene rings is 1. The summed E-state index contributed by atoms with van der Waals surface area (Å²) in [4.78, 5) is 18.3. The van der Waals surface area contributed by atoms with E-state index in [2.05, 4.69) is 15.3 Å². The van der Waals surface area contributed by atoms with Crippen LogP contribution in [0, 0.1) is 29.8 Å². The van der Waals surface area contributed by atoms with E-state index in [1.54, 1.807) is 14.0 Å². The van der Waals surface area contributed by atoms with Crippen LogP contribution in [0.5, 0.6) is 11.6 Å². The number of halogens is 1. The van der Waals surface area contributed by atoms with Gasteiger partial charge in [-0.15, -0.1) is 0 Å². The molecule has 1 aromatic carbocycles. The normalized spacial score (nSPS) is 10.3. The van der Waals surface area contributed by atoms with Crippen LogP contribution in [-0.4, -0.2) is 21.9 Å². The first kappa shape index (κ1) is 14.6. The van der Waals surface area contributed by atoms with Gasteiger partial charge in [0, 0.05) is 13.1 Å². The minimum atomic E-state index is -0.630. The monoisotopic (exact) mass is 292 g/mol. The molecule has 0 aliphatic carbocycles. The average Bonchev–Trinajstić information content (AvgIpc) is 2.41. The molecule has 2 rings (SSSR count). The maximum absolute atomic E-state index is 13.5. The molecule has 21 heavy (non-hydrogen) atoms. The number of hydrogen-bond donors (Lipinski definition) is 1. The first-order valence-corrected chi connectivity index (χ1v) is 6.07. The number of ether oxygens (including phenoxy) is 1. The average molecular weight is 292 g/mol. The minimum Gasteiger partial charge on any atom is -0.433 e. The fourth-order valence-corrected chi connectivity index (χ4v) is 1.68. The van der Waals surface area contributed by atoms with Gasteiger partial charge in [0.15, 0.2) is 0 Å². The summed E-state index contributed by atoms with van der Waals surface area (Å²) < 4.78 is 18.9. The summed E-state index contributed by atoms with van der Waals surface area (Å²) in [5.74, 6) is -0.392. The molecule has 1 aromatic heterocycles. The maximum Gasteiger partial charge on any atom is 0.352 e. The lowest BCUT2D eigenvalue weighted by atomic mass is 10.2. The van der Waals surface area contributed by atoms with Gasteiger partial charge in [0.1, 0.15) is 17.3 Å². The van der Waals surface area contributed by atoms with Gasteiger partial charge in [-0.25, -0.2) is 9.37 Å². The molecule has 0 fully saturated rings. The van der Waals surface area contributed by atoms with Crippen LogP contribution >= 0.6 is 0 Å². The second kappa shape index (κ2) is 5.70. The molecule has 0 aliphatic heterocycles. The van der Waals surface area contributed by atoms with Crippen molar-refractivity contribution in [3.05, 3.63) is 45.4 Å². The molecule has 0 saturated heterocycles. The molecule has 0 bridgehead atoms. The maximum atomic E-state index is 13.5. The third-order valence-electron chi connectivity index (χ3n) is 2.79. The van der Waals surface area contributed by atoms with Gasteiger partial charge in [-0.05, 0) is 25.5 Å². The third kappa shape index (κ3) is 3.04. The number of nitrogens with zero attached hydrogens (tertiary/aromatic N) is 3. The van der Waals surface area contributed by atoms with Crippen molar-refractivity contribution in [2.45, 2.75) is 13.8 Å². The number of hydrogen-bond acceptors (Lipinski definition) is 6. The molecule has 0 saturated carbocycles. The van der Waals surface area contributed by atoms with Gasteiger partial charge < -0.3 is 10.1 Å². The Kier molecular flexibility index (Phi) is 3.97. The molecule has 1 N–H and O–H groups in total. The summed E-state index contributed by atoms with van der Waals surface area (Å²) in [5.41, 5.74) is 0.253. The zero-order valence-corrected chi connectivity index (χ0v) is 11.7. The molecule has 0 atom stereocenters. The molecule has 0 amide bonds. The van der Waals surface area contributed by atoms with E-state index in [0.717, 1.165) is 6.07 Å². The first-order valence-electron chi connectivity index (χ1n) is 6.07.